The zero-order chi connectivity index (χ0) is 37.0. The van der Waals surface area contributed by atoms with Crippen LogP contribution in [-0.4, -0.2) is 19.1 Å². The second-order valence-corrected chi connectivity index (χ2v) is 14.3. The molecule has 4 heteroatoms. The van der Waals surface area contributed by atoms with Crippen LogP contribution in [0.5, 0.6) is 0 Å². The number of nitrogens with zero attached hydrogens (tertiary/aromatic N) is 4. The van der Waals surface area contributed by atoms with Gasteiger partial charge in [-0.1, -0.05) is 164 Å². The second-order valence-electron chi connectivity index (χ2n) is 14.3. The smallest absolute Gasteiger partial charge is 0.235 e. The van der Waals surface area contributed by atoms with Gasteiger partial charge in [0.2, 0.25) is 5.95 Å². The van der Waals surface area contributed by atoms with Crippen LogP contribution in [0.25, 0.3) is 100 Å². The van der Waals surface area contributed by atoms with Crippen LogP contribution in [0.4, 0.5) is 0 Å². The lowest BCUT2D eigenvalue weighted by molar-refractivity contribution is 0.995. The Bertz CT molecular complexity index is 3140. The minimum atomic E-state index is 0.640. The zero-order valence-electron chi connectivity index (χ0n) is 30.4. The number of para-hydroxylation sites is 2. The van der Waals surface area contributed by atoms with Gasteiger partial charge < -0.3 is 4.57 Å². The Hall–Kier alpha value is -7.56. The highest BCUT2D eigenvalue weighted by atomic mass is 15.2. The third-order valence-electron chi connectivity index (χ3n) is 11.0. The summed E-state index contributed by atoms with van der Waals surface area (Å²) in [6.07, 6.45) is 0. The minimum Gasteiger partial charge on any atom is -0.309 e. The second kappa shape index (κ2) is 13.1. The topological polar surface area (TPSA) is 35.6 Å². The Morgan fingerprint density at radius 2 is 0.661 bits per heavy atom. The SMILES string of the molecule is c1ccc(-c2ccc(-c3ccc(-n4c5ccccc5c5cc6c7ccccc7n(-c7nc(-c8ccccc8)cc(-c8ccccc8)n7)c6cc54)cc3)cc2)cc1. The summed E-state index contributed by atoms with van der Waals surface area (Å²) in [6, 6.07) is 73.2. The third-order valence-corrected chi connectivity index (χ3v) is 11.0. The summed E-state index contributed by atoms with van der Waals surface area (Å²) >= 11 is 0. The van der Waals surface area contributed by atoms with Gasteiger partial charge in [0, 0.05) is 38.4 Å². The van der Waals surface area contributed by atoms with Gasteiger partial charge in [0.15, 0.2) is 0 Å². The minimum absolute atomic E-state index is 0.640. The van der Waals surface area contributed by atoms with Gasteiger partial charge in [-0.25, -0.2) is 9.97 Å². The summed E-state index contributed by atoms with van der Waals surface area (Å²) in [5.74, 6) is 0.640. The summed E-state index contributed by atoms with van der Waals surface area (Å²) in [7, 11) is 0. The monoisotopic (exact) mass is 714 g/mol. The Balaban J connectivity index is 1.11. The van der Waals surface area contributed by atoms with Crippen LogP contribution in [0.15, 0.2) is 206 Å². The molecule has 11 aromatic rings. The van der Waals surface area contributed by atoms with Crippen molar-refractivity contribution < 1.29 is 0 Å². The number of benzene rings is 8. The molecule has 3 aromatic heterocycles. The molecule has 0 amide bonds. The van der Waals surface area contributed by atoms with E-state index in [-0.39, 0.29) is 0 Å². The van der Waals surface area contributed by atoms with E-state index in [2.05, 4.69) is 203 Å². The van der Waals surface area contributed by atoms with Gasteiger partial charge >= 0.3 is 0 Å². The van der Waals surface area contributed by atoms with E-state index in [4.69, 9.17) is 9.97 Å². The van der Waals surface area contributed by atoms with Crippen LogP contribution in [0.1, 0.15) is 0 Å². The molecule has 11 rings (SSSR count). The first-order valence-electron chi connectivity index (χ1n) is 19.0. The molecule has 0 aliphatic heterocycles. The molecule has 0 saturated carbocycles. The van der Waals surface area contributed by atoms with E-state index >= 15 is 0 Å². The van der Waals surface area contributed by atoms with Gasteiger partial charge in [0.25, 0.3) is 0 Å². The van der Waals surface area contributed by atoms with E-state index in [1.807, 2.05) is 12.1 Å². The molecule has 4 nitrogen and oxygen atoms in total. The molecule has 262 valence electrons. The molecular formula is C52H34N4. The Kier molecular flexibility index (Phi) is 7.46. The van der Waals surface area contributed by atoms with Gasteiger partial charge in [-0.3, -0.25) is 4.57 Å². The Morgan fingerprint density at radius 3 is 1.18 bits per heavy atom. The van der Waals surface area contributed by atoms with E-state index in [9.17, 15) is 0 Å². The molecule has 8 aromatic carbocycles. The van der Waals surface area contributed by atoms with E-state index in [1.165, 1.54) is 49.3 Å². The summed E-state index contributed by atoms with van der Waals surface area (Å²) in [5, 5.41) is 4.76. The van der Waals surface area contributed by atoms with Crippen LogP contribution in [-0.2, 0) is 0 Å². The molecule has 0 saturated heterocycles. The predicted octanol–water partition coefficient (Wildman–Crippen LogP) is 13.3. The first-order valence-corrected chi connectivity index (χ1v) is 19.0. The van der Waals surface area contributed by atoms with Crippen molar-refractivity contribution in [2.75, 3.05) is 0 Å². The normalized spacial score (nSPS) is 11.6. The fourth-order valence-electron chi connectivity index (χ4n) is 8.26. The molecule has 0 atom stereocenters. The molecule has 0 unspecified atom stereocenters. The molecule has 3 heterocycles. The Morgan fingerprint density at radius 1 is 0.268 bits per heavy atom. The van der Waals surface area contributed by atoms with E-state index in [1.54, 1.807) is 0 Å². The van der Waals surface area contributed by atoms with Crippen molar-refractivity contribution >= 4 is 43.6 Å². The maximum absolute atomic E-state index is 5.28. The van der Waals surface area contributed by atoms with Gasteiger partial charge in [0.05, 0.1) is 33.5 Å². The van der Waals surface area contributed by atoms with E-state index in [0.717, 1.165) is 44.8 Å². The largest absolute Gasteiger partial charge is 0.309 e. The predicted molar refractivity (Wildman–Crippen MR) is 232 cm³/mol. The van der Waals surface area contributed by atoms with Gasteiger partial charge in [-0.15, -0.1) is 0 Å². The van der Waals surface area contributed by atoms with Crippen LogP contribution in [0.3, 0.4) is 0 Å². The van der Waals surface area contributed by atoms with Gasteiger partial charge in [-0.05, 0) is 64.7 Å². The Labute approximate surface area is 324 Å². The molecule has 0 radical (unpaired) electrons. The number of fused-ring (bicyclic) bond motifs is 6. The lowest BCUT2D eigenvalue weighted by Crippen LogP contribution is -2.04. The molecular weight excluding hydrogens is 681 g/mol. The van der Waals surface area contributed by atoms with Gasteiger partial charge in [0.1, 0.15) is 0 Å². The lowest BCUT2D eigenvalue weighted by atomic mass is 10.0. The highest BCUT2D eigenvalue weighted by Gasteiger charge is 2.20. The van der Waals surface area contributed by atoms with Crippen LogP contribution in [0.2, 0.25) is 0 Å². The van der Waals surface area contributed by atoms with Crippen molar-refractivity contribution in [3.05, 3.63) is 206 Å². The molecule has 0 aliphatic rings. The summed E-state index contributed by atoms with van der Waals surface area (Å²) in [6.45, 7) is 0. The van der Waals surface area contributed by atoms with Crippen molar-refractivity contribution in [1.29, 1.82) is 0 Å². The van der Waals surface area contributed by atoms with Crippen LogP contribution in [0, 0.1) is 0 Å². The molecule has 0 N–H and O–H groups in total. The molecule has 0 aliphatic carbocycles. The first-order chi connectivity index (χ1) is 27.8. The van der Waals surface area contributed by atoms with Crippen LogP contribution >= 0.6 is 0 Å². The quantitative estimate of drug-likeness (QED) is 0.172. The van der Waals surface area contributed by atoms with Crippen molar-refractivity contribution in [2.45, 2.75) is 0 Å². The van der Waals surface area contributed by atoms with Crippen molar-refractivity contribution in [3.63, 3.8) is 0 Å². The van der Waals surface area contributed by atoms with Gasteiger partial charge in [-0.2, -0.15) is 0 Å². The van der Waals surface area contributed by atoms with Crippen molar-refractivity contribution in [3.8, 4) is 56.4 Å². The van der Waals surface area contributed by atoms with E-state index in [0.29, 0.717) is 5.95 Å². The maximum Gasteiger partial charge on any atom is 0.235 e. The standard InChI is InChI=1S/C52H34N4/c1-4-14-35(15-5-1)36-24-26-37(27-25-36)38-28-30-41(31-29-38)55-48-22-12-10-20-42(48)44-32-45-43-21-11-13-23-49(43)56(51(45)34-50(44)55)52-53-46(39-16-6-2-7-17-39)33-47(54-52)40-18-8-3-9-19-40/h1-34H. The average molecular weight is 715 g/mol. The fraction of sp³-hybridized carbons (Fsp3) is 0. The van der Waals surface area contributed by atoms with Crippen molar-refractivity contribution in [1.82, 2.24) is 19.1 Å². The average Bonchev–Trinajstić information content (AvgIpc) is 3.78. The third kappa shape index (κ3) is 5.31. The molecule has 56 heavy (non-hydrogen) atoms. The molecule has 0 spiro atoms. The molecule has 0 fully saturated rings. The summed E-state index contributed by atoms with van der Waals surface area (Å²) < 4.78 is 4.64. The summed E-state index contributed by atoms with van der Waals surface area (Å²) in [4.78, 5) is 10.6. The summed E-state index contributed by atoms with van der Waals surface area (Å²) in [5.41, 5.74) is 14.2. The number of aromatic nitrogens is 4. The lowest BCUT2D eigenvalue weighted by Gasteiger charge is -2.12. The first kappa shape index (κ1) is 31.9. The highest BCUT2D eigenvalue weighted by molar-refractivity contribution is 6.19. The van der Waals surface area contributed by atoms with Crippen molar-refractivity contribution in [2.24, 2.45) is 0 Å². The number of hydrogen-bond acceptors (Lipinski definition) is 2. The van der Waals surface area contributed by atoms with Crippen LogP contribution < -0.4 is 0 Å². The molecule has 0 bridgehead atoms. The van der Waals surface area contributed by atoms with E-state index < -0.39 is 0 Å². The number of rotatable bonds is 6. The zero-order valence-corrected chi connectivity index (χ0v) is 30.4. The maximum atomic E-state index is 5.28. The highest BCUT2D eigenvalue weighted by Crippen LogP contribution is 2.40. The number of hydrogen-bond donors (Lipinski definition) is 0. The fourth-order valence-corrected chi connectivity index (χ4v) is 8.26.